The Labute approximate surface area is 111 Å². The number of nitrogens with zero attached hydrogens (tertiary/aromatic N) is 2. The summed E-state index contributed by atoms with van der Waals surface area (Å²) in [6, 6.07) is 4.63. The number of rotatable bonds is 3. The molecule has 0 saturated carbocycles. The second-order valence-electron chi connectivity index (χ2n) is 4.83. The molecule has 3 rings (SSSR count). The minimum absolute atomic E-state index is 0.649. The van der Waals surface area contributed by atoms with E-state index in [0.29, 0.717) is 6.04 Å². The van der Waals surface area contributed by atoms with Crippen molar-refractivity contribution in [2.45, 2.75) is 12.5 Å². The van der Waals surface area contributed by atoms with Crippen LogP contribution in [0.25, 0.3) is 0 Å². The van der Waals surface area contributed by atoms with E-state index in [-0.39, 0.29) is 0 Å². The number of carbonyl (C=O) groups is 1. The number of thiophene rings is 1. The fourth-order valence-electron chi connectivity index (χ4n) is 2.76. The molecule has 2 aliphatic heterocycles. The summed E-state index contributed by atoms with van der Waals surface area (Å²) in [6.45, 7) is 6.03. The quantitative estimate of drug-likeness (QED) is 0.776. The largest absolute Gasteiger partial charge is 0.379 e. The monoisotopic (exact) mass is 266 g/mol. The van der Waals surface area contributed by atoms with Gasteiger partial charge in [-0.25, -0.2) is 0 Å². The van der Waals surface area contributed by atoms with Gasteiger partial charge in [0, 0.05) is 32.2 Å². The Balaban J connectivity index is 1.62. The van der Waals surface area contributed by atoms with Gasteiger partial charge >= 0.3 is 0 Å². The number of ether oxygens (including phenoxy) is 1. The second-order valence-corrected chi connectivity index (χ2v) is 5.92. The van der Waals surface area contributed by atoms with E-state index in [9.17, 15) is 4.79 Å². The summed E-state index contributed by atoms with van der Waals surface area (Å²) < 4.78 is 5.40. The van der Waals surface area contributed by atoms with Crippen LogP contribution >= 0.6 is 11.3 Å². The number of hydrogen-bond acceptors (Lipinski definition) is 5. The van der Waals surface area contributed by atoms with Crippen molar-refractivity contribution in [3.8, 4) is 0 Å². The Kier molecular flexibility index (Phi) is 3.63. The zero-order chi connectivity index (χ0) is 12.4. The molecule has 0 bridgehead atoms. The van der Waals surface area contributed by atoms with Crippen LogP contribution < -0.4 is 4.90 Å². The summed E-state index contributed by atoms with van der Waals surface area (Å²) in [7, 11) is 0. The highest BCUT2D eigenvalue weighted by atomic mass is 32.1. The molecular weight excluding hydrogens is 248 g/mol. The molecule has 0 aromatic carbocycles. The normalized spacial score (nSPS) is 25.6. The van der Waals surface area contributed by atoms with Crippen molar-refractivity contribution in [1.82, 2.24) is 4.90 Å². The standard InChI is InChI=1S/C13H18N2O2S/c16-10-12-1-2-13(18-12)15-4-3-11(9-15)14-5-7-17-8-6-14/h1-2,10-11H,3-9H2. The minimum Gasteiger partial charge on any atom is -0.379 e. The second kappa shape index (κ2) is 5.38. The molecule has 0 aliphatic carbocycles. The third-order valence-corrected chi connectivity index (χ3v) is 4.84. The molecule has 98 valence electrons. The van der Waals surface area contributed by atoms with Crippen LogP contribution in [0.5, 0.6) is 0 Å². The maximum Gasteiger partial charge on any atom is 0.160 e. The lowest BCUT2D eigenvalue weighted by molar-refractivity contribution is 0.0209. The predicted molar refractivity (Wildman–Crippen MR) is 72.7 cm³/mol. The van der Waals surface area contributed by atoms with E-state index in [2.05, 4.69) is 15.9 Å². The highest BCUT2D eigenvalue weighted by Gasteiger charge is 2.29. The van der Waals surface area contributed by atoms with Gasteiger partial charge in [-0.3, -0.25) is 9.69 Å². The summed E-state index contributed by atoms with van der Waals surface area (Å²) in [6.07, 6.45) is 2.15. The van der Waals surface area contributed by atoms with E-state index >= 15 is 0 Å². The summed E-state index contributed by atoms with van der Waals surface area (Å²) >= 11 is 1.59. The molecule has 2 fully saturated rings. The highest BCUT2D eigenvalue weighted by Crippen LogP contribution is 2.29. The molecule has 2 aliphatic rings. The van der Waals surface area contributed by atoms with E-state index in [0.717, 1.165) is 50.6 Å². The van der Waals surface area contributed by atoms with Gasteiger partial charge < -0.3 is 9.64 Å². The summed E-state index contributed by atoms with van der Waals surface area (Å²) in [5.74, 6) is 0. The lowest BCUT2D eigenvalue weighted by atomic mass is 10.2. The average molecular weight is 266 g/mol. The maximum atomic E-state index is 10.7. The fourth-order valence-corrected chi connectivity index (χ4v) is 3.61. The molecule has 1 aromatic heterocycles. The van der Waals surface area contributed by atoms with Gasteiger partial charge in [0.05, 0.1) is 23.1 Å². The molecule has 1 aromatic rings. The third-order valence-electron chi connectivity index (χ3n) is 3.77. The first kappa shape index (κ1) is 12.1. The summed E-state index contributed by atoms with van der Waals surface area (Å²) in [4.78, 5) is 16.5. The molecular formula is C13H18N2O2S. The molecule has 5 heteroatoms. The molecule has 4 nitrogen and oxygen atoms in total. The lowest BCUT2D eigenvalue weighted by Gasteiger charge is -2.32. The van der Waals surface area contributed by atoms with E-state index in [1.807, 2.05) is 6.07 Å². The first-order valence-corrected chi connectivity index (χ1v) is 7.30. The van der Waals surface area contributed by atoms with Crippen LogP contribution in [-0.4, -0.2) is 56.6 Å². The van der Waals surface area contributed by atoms with E-state index in [1.165, 1.54) is 11.4 Å². The Bertz CT molecular complexity index is 415. The van der Waals surface area contributed by atoms with E-state index < -0.39 is 0 Å². The van der Waals surface area contributed by atoms with Crippen LogP contribution in [0.3, 0.4) is 0 Å². The topological polar surface area (TPSA) is 32.8 Å². The number of carbonyl (C=O) groups excluding carboxylic acids is 1. The van der Waals surface area contributed by atoms with Crippen LogP contribution in [0.1, 0.15) is 16.1 Å². The maximum absolute atomic E-state index is 10.7. The van der Waals surface area contributed by atoms with Crippen molar-refractivity contribution in [1.29, 1.82) is 0 Å². The van der Waals surface area contributed by atoms with Gasteiger partial charge in [0.1, 0.15) is 0 Å². The predicted octanol–water partition coefficient (Wildman–Crippen LogP) is 1.47. The van der Waals surface area contributed by atoms with Gasteiger partial charge in [-0.05, 0) is 18.6 Å². The molecule has 0 spiro atoms. The molecule has 0 amide bonds. The minimum atomic E-state index is 0.649. The fraction of sp³-hybridized carbons (Fsp3) is 0.615. The number of anilines is 1. The van der Waals surface area contributed by atoms with Crippen molar-refractivity contribution in [2.24, 2.45) is 0 Å². The first-order chi connectivity index (χ1) is 8.86. The summed E-state index contributed by atoms with van der Waals surface area (Å²) in [5, 5.41) is 1.23. The SMILES string of the molecule is O=Cc1ccc(N2CCC(N3CCOCC3)C2)s1. The summed E-state index contributed by atoms with van der Waals surface area (Å²) in [5.41, 5.74) is 0. The van der Waals surface area contributed by atoms with Crippen molar-refractivity contribution in [3.05, 3.63) is 17.0 Å². The number of hydrogen-bond donors (Lipinski definition) is 0. The average Bonchev–Trinajstić information content (AvgIpc) is 3.08. The number of aldehydes is 1. The Morgan fingerprint density at radius 3 is 2.83 bits per heavy atom. The van der Waals surface area contributed by atoms with Crippen molar-refractivity contribution >= 4 is 22.6 Å². The molecule has 1 atom stereocenters. The Hall–Kier alpha value is -0.910. The molecule has 0 radical (unpaired) electrons. The van der Waals surface area contributed by atoms with Gasteiger partial charge in [0.25, 0.3) is 0 Å². The van der Waals surface area contributed by atoms with Crippen molar-refractivity contribution in [3.63, 3.8) is 0 Å². The van der Waals surface area contributed by atoms with Gasteiger partial charge in [0.15, 0.2) is 6.29 Å². The molecule has 3 heterocycles. The van der Waals surface area contributed by atoms with Crippen LogP contribution in [0.2, 0.25) is 0 Å². The third kappa shape index (κ3) is 2.43. The highest BCUT2D eigenvalue weighted by molar-refractivity contribution is 7.17. The van der Waals surface area contributed by atoms with Crippen molar-refractivity contribution in [2.75, 3.05) is 44.3 Å². The molecule has 0 N–H and O–H groups in total. The van der Waals surface area contributed by atoms with E-state index in [4.69, 9.17) is 4.74 Å². The van der Waals surface area contributed by atoms with E-state index in [1.54, 1.807) is 11.3 Å². The van der Waals surface area contributed by atoms with Crippen LogP contribution in [-0.2, 0) is 4.74 Å². The van der Waals surface area contributed by atoms with Gasteiger partial charge in [0.2, 0.25) is 0 Å². The zero-order valence-electron chi connectivity index (χ0n) is 10.4. The van der Waals surface area contributed by atoms with Crippen LogP contribution in [0.15, 0.2) is 12.1 Å². The smallest absolute Gasteiger partial charge is 0.160 e. The van der Waals surface area contributed by atoms with Crippen molar-refractivity contribution < 1.29 is 9.53 Å². The first-order valence-electron chi connectivity index (χ1n) is 6.48. The zero-order valence-corrected chi connectivity index (χ0v) is 11.2. The Morgan fingerprint density at radius 2 is 2.11 bits per heavy atom. The van der Waals surface area contributed by atoms with Crippen LogP contribution in [0.4, 0.5) is 5.00 Å². The van der Waals surface area contributed by atoms with Gasteiger partial charge in [-0.2, -0.15) is 0 Å². The van der Waals surface area contributed by atoms with Crippen LogP contribution in [0, 0.1) is 0 Å². The lowest BCUT2D eigenvalue weighted by Crippen LogP contribution is -2.44. The molecule has 2 saturated heterocycles. The Morgan fingerprint density at radius 1 is 1.28 bits per heavy atom. The number of morpholine rings is 1. The molecule has 18 heavy (non-hydrogen) atoms. The molecule has 1 unspecified atom stereocenters. The van der Waals surface area contributed by atoms with Gasteiger partial charge in [-0.15, -0.1) is 11.3 Å². The van der Waals surface area contributed by atoms with Gasteiger partial charge in [-0.1, -0.05) is 0 Å².